The Morgan fingerprint density at radius 2 is 1.83 bits per heavy atom. The van der Waals surface area contributed by atoms with Crippen LogP contribution in [-0.2, 0) is 0 Å². The monoisotopic (exact) mass is 204 g/mol. The van der Waals surface area contributed by atoms with Crippen molar-refractivity contribution >= 4 is 30.4 Å². The lowest BCUT2D eigenvalue weighted by molar-refractivity contribution is 1.46. The van der Waals surface area contributed by atoms with E-state index < -0.39 is 0 Å². The van der Waals surface area contributed by atoms with Crippen LogP contribution in [0.1, 0.15) is 18.1 Å². The lowest BCUT2D eigenvalue weighted by Crippen LogP contribution is -1.96. The molecule has 0 saturated heterocycles. The van der Waals surface area contributed by atoms with Gasteiger partial charge >= 0.3 is 0 Å². The summed E-state index contributed by atoms with van der Waals surface area (Å²) in [6, 6.07) is 8.82. The molecule has 0 amide bonds. The minimum absolute atomic E-state index is 1.02. The van der Waals surface area contributed by atoms with Crippen LogP contribution in [0, 0.1) is 6.92 Å². The van der Waals surface area contributed by atoms with Crippen molar-refractivity contribution in [3.8, 4) is 0 Å². The molecular formula is C9H12Si3. The summed E-state index contributed by atoms with van der Waals surface area (Å²) in [6.45, 7) is 4.37. The molecule has 12 heavy (non-hydrogen) atoms. The maximum absolute atomic E-state index is 2.24. The number of aryl methyl sites for hydroxylation is 1. The molecule has 0 N–H and O–H groups in total. The second-order valence-corrected chi connectivity index (χ2v) is 9.14. The van der Waals surface area contributed by atoms with Crippen LogP contribution in [0.25, 0.3) is 0 Å². The summed E-state index contributed by atoms with van der Waals surface area (Å²) < 4.78 is 0. The maximum Gasteiger partial charge on any atom is -0.000407 e. The molecule has 0 atom stereocenters. The van der Waals surface area contributed by atoms with Crippen LogP contribution in [0.15, 0.2) is 24.3 Å². The number of hydrogen-bond acceptors (Lipinski definition) is 0. The quantitative estimate of drug-likeness (QED) is 0.581. The van der Waals surface area contributed by atoms with Gasteiger partial charge in [0.2, 0.25) is 0 Å². The summed E-state index contributed by atoms with van der Waals surface area (Å²) in [5.41, 5.74) is 2.76. The van der Waals surface area contributed by atoms with Gasteiger partial charge < -0.3 is 0 Å². The van der Waals surface area contributed by atoms with Gasteiger partial charge in [-0.05, 0) is 42.1 Å². The molecule has 0 aliphatic carbocycles. The molecule has 0 nitrogen and oxygen atoms in total. The van der Waals surface area contributed by atoms with E-state index in [4.69, 9.17) is 0 Å². The molecule has 0 aliphatic rings. The van der Waals surface area contributed by atoms with Gasteiger partial charge in [-0.25, -0.2) is 0 Å². The first-order chi connectivity index (χ1) is 5.74. The molecule has 0 fully saturated rings. The van der Waals surface area contributed by atoms with E-state index >= 15 is 0 Å². The van der Waals surface area contributed by atoms with Gasteiger partial charge in [0.1, 0.15) is 0 Å². The van der Waals surface area contributed by atoms with E-state index in [2.05, 4.69) is 47.4 Å². The molecule has 0 bridgehead atoms. The summed E-state index contributed by atoms with van der Waals surface area (Å²) >= 11 is 0. The van der Waals surface area contributed by atoms with Crippen LogP contribution in [-0.4, -0.2) is 30.4 Å². The predicted molar refractivity (Wildman–Crippen MR) is 61.0 cm³/mol. The van der Waals surface area contributed by atoms with E-state index in [1.165, 1.54) is 11.1 Å². The van der Waals surface area contributed by atoms with Gasteiger partial charge in [-0.3, -0.25) is 0 Å². The molecule has 0 radical (unpaired) electrons. The molecule has 0 aromatic heterocycles. The van der Waals surface area contributed by atoms with Crippen molar-refractivity contribution in [2.24, 2.45) is 0 Å². The first kappa shape index (κ1) is 9.83. The van der Waals surface area contributed by atoms with Gasteiger partial charge in [0.25, 0.3) is 0 Å². The zero-order chi connectivity index (χ0) is 8.97. The number of rotatable bonds is 1. The van der Waals surface area contributed by atoms with Gasteiger partial charge in [0.05, 0.1) is 0 Å². The normalized spacial score (nSPS) is 8.50. The van der Waals surface area contributed by atoms with E-state index in [1.807, 2.05) is 0 Å². The van der Waals surface area contributed by atoms with E-state index in [0.717, 1.165) is 15.9 Å². The van der Waals surface area contributed by atoms with E-state index in [-0.39, 0.29) is 0 Å². The Hall–Kier alpha value is -0.259. The second-order valence-electron chi connectivity index (χ2n) is 2.79. The zero-order valence-electron chi connectivity index (χ0n) is 7.52. The second kappa shape index (κ2) is 4.69. The summed E-state index contributed by atoms with van der Waals surface area (Å²) in [7, 11) is 4.18. The van der Waals surface area contributed by atoms with Crippen LogP contribution < -0.4 is 0 Å². The van der Waals surface area contributed by atoms with E-state index in [9.17, 15) is 0 Å². The third kappa shape index (κ3) is 2.66. The lowest BCUT2D eigenvalue weighted by Gasteiger charge is -1.98. The molecule has 3 heteroatoms. The molecule has 0 spiro atoms. The number of benzene rings is 1. The van der Waals surface area contributed by atoms with Crippen molar-refractivity contribution in [3.05, 3.63) is 35.4 Å². The summed E-state index contributed by atoms with van der Waals surface area (Å²) in [5, 5.41) is 1.54. The highest BCUT2D eigenvalue weighted by atomic mass is 29.1. The number of hydrogen-bond donors (Lipinski definition) is 0. The van der Waals surface area contributed by atoms with Crippen LogP contribution in [0.4, 0.5) is 0 Å². The zero-order valence-corrected chi connectivity index (χ0v) is 10.9. The highest BCUT2D eigenvalue weighted by Crippen LogP contribution is 2.02. The Balaban J connectivity index is 3.14. The third-order valence-corrected chi connectivity index (χ3v) is 5.85. The van der Waals surface area contributed by atoms with E-state index in [1.54, 1.807) is 5.17 Å². The van der Waals surface area contributed by atoms with Crippen LogP contribution in [0.5, 0.6) is 0 Å². The topological polar surface area (TPSA) is 0 Å². The van der Waals surface area contributed by atoms with Gasteiger partial charge in [-0.1, -0.05) is 37.5 Å². The highest BCUT2D eigenvalue weighted by molar-refractivity contribution is 6.88. The molecule has 1 aromatic carbocycles. The summed E-state index contributed by atoms with van der Waals surface area (Å²) in [6.07, 6.45) is 0. The van der Waals surface area contributed by atoms with Crippen LogP contribution in [0.3, 0.4) is 0 Å². The Bertz CT molecular complexity index is 352. The van der Waals surface area contributed by atoms with Crippen molar-refractivity contribution in [3.63, 3.8) is 0 Å². The molecule has 0 unspecified atom stereocenters. The Kier molecular flexibility index (Phi) is 3.84. The fourth-order valence-corrected chi connectivity index (χ4v) is 5.20. The van der Waals surface area contributed by atoms with Crippen LogP contribution in [0.2, 0.25) is 0 Å². The first-order valence-corrected chi connectivity index (χ1v) is 9.25. The van der Waals surface area contributed by atoms with Gasteiger partial charge in [0.15, 0.2) is 0 Å². The molecule has 0 saturated carbocycles. The first-order valence-electron chi connectivity index (χ1n) is 3.92. The average Bonchev–Trinajstić information content (AvgIpc) is 2.06. The van der Waals surface area contributed by atoms with Crippen molar-refractivity contribution in [2.45, 2.75) is 13.8 Å². The Morgan fingerprint density at radius 1 is 1.25 bits per heavy atom. The standard InChI is InChI=1S/C9H12Si3/c1-7-3-5-9(6-4-7)8(2)11-12-10/h3-6H,10H2,1-2H3. The fourth-order valence-electron chi connectivity index (χ4n) is 1.01. The fraction of sp³-hybridized carbons (Fsp3) is 0.222. The molecule has 0 heterocycles. The van der Waals surface area contributed by atoms with Crippen molar-refractivity contribution in [1.82, 2.24) is 0 Å². The van der Waals surface area contributed by atoms with Crippen molar-refractivity contribution < 1.29 is 0 Å². The molecular weight excluding hydrogens is 192 g/mol. The SMILES string of the molecule is CC(=[Si]=[Si]=[SiH2])c1ccc(C)cc1. The van der Waals surface area contributed by atoms with Crippen molar-refractivity contribution in [2.75, 3.05) is 0 Å². The maximum atomic E-state index is 2.24. The predicted octanol–water partition coefficient (Wildman–Crippen LogP) is 0.407. The van der Waals surface area contributed by atoms with Gasteiger partial charge in [-0.15, -0.1) is 0 Å². The third-order valence-electron chi connectivity index (χ3n) is 1.76. The van der Waals surface area contributed by atoms with Gasteiger partial charge in [0, 0.05) is 0 Å². The van der Waals surface area contributed by atoms with Crippen molar-refractivity contribution in [1.29, 1.82) is 0 Å². The average molecular weight is 204 g/mol. The Morgan fingerprint density at radius 3 is 2.33 bits per heavy atom. The smallest absolute Gasteiger partial charge is 0.000407 e. The minimum Gasteiger partial charge on any atom is -0.0588 e. The Labute approximate surface area is 80.0 Å². The summed E-state index contributed by atoms with van der Waals surface area (Å²) in [4.78, 5) is 0. The van der Waals surface area contributed by atoms with Crippen LogP contribution >= 0.6 is 0 Å². The molecule has 0 aliphatic heterocycles. The largest absolute Gasteiger partial charge is 0.0588 e. The molecule has 60 valence electrons. The summed E-state index contributed by atoms with van der Waals surface area (Å²) in [5.74, 6) is 0. The molecule has 1 rings (SSSR count). The minimum atomic E-state index is 1.02. The molecule has 1 aromatic rings. The van der Waals surface area contributed by atoms with Gasteiger partial charge in [-0.2, -0.15) is 0 Å². The lowest BCUT2D eigenvalue weighted by atomic mass is 10.1. The highest BCUT2D eigenvalue weighted by Gasteiger charge is 1.91. The van der Waals surface area contributed by atoms with E-state index in [0.29, 0.717) is 0 Å².